The number of ether oxygens (including phenoxy) is 1. The van der Waals surface area contributed by atoms with Crippen LogP contribution in [0.4, 0.5) is 18.9 Å². The summed E-state index contributed by atoms with van der Waals surface area (Å²) in [4.78, 5) is 1.12. The van der Waals surface area contributed by atoms with Crippen molar-refractivity contribution in [1.82, 2.24) is 0 Å². The minimum Gasteiger partial charge on any atom is -0.497 e. The van der Waals surface area contributed by atoms with Crippen LogP contribution in [-0.2, 0) is 0 Å². The van der Waals surface area contributed by atoms with Gasteiger partial charge in [0.15, 0.2) is 5.84 Å². The third-order valence-electron chi connectivity index (χ3n) is 2.87. The van der Waals surface area contributed by atoms with Crippen LogP contribution in [-0.4, -0.2) is 36.9 Å². The number of rotatable bonds is 5. The number of nitrogens with two attached hydrogens (primary N) is 1. The Balaban J connectivity index is 3.39. The summed E-state index contributed by atoms with van der Waals surface area (Å²) in [6.07, 6.45) is -4.38. The Labute approximate surface area is 120 Å². The molecule has 0 saturated heterocycles. The summed E-state index contributed by atoms with van der Waals surface area (Å²) in [5, 5.41) is 11.6. The van der Waals surface area contributed by atoms with E-state index in [1.807, 2.05) is 0 Å². The van der Waals surface area contributed by atoms with E-state index in [-0.39, 0.29) is 17.1 Å². The van der Waals surface area contributed by atoms with Crippen molar-refractivity contribution in [2.75, 3.05) is 18.6 Å². The van der Waals surface area contributed by atoms with Crippen LogP contribution in [0.1, 0.15) is 19.4 Å². The smallest absolute Gasteiger partial charge is 0.405 e. The van der Waals surface area contributed by atoms with Crippen LogP contribution in [0.3, 0.4) is 0 Å². The van der Waals surface area contributed by atoms with Crippen LogP contribution >= 0.6 is 0 Å². The van der Waals surface area contributed by atoms with Crippen LogP contribution < -0.4 is 15.4 Å². The van der Waals surface area contributed by atoms with E-state index in [9.17, 15) is 13.2 Å². The first kappa shape index (κ1) is 16.9. The van der Waals surface area contributed by atoms with E-state index in [4.69, 9.17) is 15.7 Å². The van der Waals surface area contributed by atoms with Gasteiger partial charge < -0.3 is 20.6 Å². The second kappa shape index (κ2) is 6.55. The molecule has 1 aromatic rings. The second-order valence-corrected chi connectivity index (χ2v) is 4.71. The van der Waals surface area contributed by atoms with Gasteiger partial charge in [0.25, 0.3) is 0 Å². The zero-order valence-corrected chi connectivity index (χ0v) is 12.0. The van der Waals surface area contributed by atoms with Gasteiger partial charge in [0.2, 0.25) is 0 Å². The fourth-order valence-electron chi connectivity index (χ4n) is 1.89. The number of oxime groups is 1. The van der Waals surface area contributed by atoms with Gasteiger partial charge in [-0.15, -0.1) is 0 Å². The predicted molar refractivity (Wildman–Crippen MR) is 74.0 cm³/mol. The number of nitrogens with zero attached hydrogens (tertiary/aromatic N) is 2. The molecule has 0 spiro atoms. The molecule has 0 fully saturated rings. The highest BCUT2D eigenvalue weighted by Gasteiger charge is 2.33. The Morgan fingerprint density at radius 1 is 1.43 bits per heavy atom. The molecule has 0 aliphatic rings. The zero-order chi connectivity index (χ0) is 16.2. The summed E-state index contributed by atoms with van der Waals surface area (Å²) in [5.74, 6) is 0.118. The fraction of sp³-hybridized carbons (Fsp3) is 0.462. The van der Waals surface area contributed by atoms with E-state index < -0.39 is 18.8 Å². The van der Waals surface area contributed by atoms with E-state index >= 15 is 0 Å². The Hall–Kier alpha value is -2.12. The van der Waals surface area contributed by atoms with Crippen LogP contribution in [0.2, 0.25) is 0 Å². The molecule has 1 rings (SSSR count). The predicted octanol–water partition coefficient (Wildman–Crippen LogP) is 2.57. The topological polar surface area (TPSA) is 71.1 Å². The minimum absolute atomic E-state index is 0.192. The molecule has 21 heavy (non-hydrogen) atoms. The lowest BCUT2D eigenvalue weighted by atomic mass is 10.1. The maximum atomic E-state index is 12.8. The number of anilines is 1. The number of benzene rings is 1. The summed E-state index contributed by atoms with van der Waals surface area (Å²) < 4.78 is 43.3. The van der Waals surface area contributed by atoms with Gasteiger partial charge in [-0.2, -0.15) is 13.2 Å². The molecule has 1 aromatic carbocycles. The van der Waals surface area contributed by atoms with E-state index in [2.05, 4.69) is 5.16 Å². The molecular formula is C13H18F3N3O2. The van der Waals surface area contributed by atoms with Crippen molar-refractivity contribution >= 4 is 11.5 Å². The summed E-state index contributed by atoms with van der Waals surface area (Å²) in [7, 11) is 1.41. The summed E-state index contributed by atoms with van der Waals surface area (Å²) in [6.45, 7) is 2.10. The van der Waals surface area contributed by atoms with Crippen molar-refractivity contribution in [2.45, 2.75) is 26.1 Å². The Kier molecular flexibility index (Phi) is 5.28. The van der Waals surface area contributed by atoms with Crippen molar-refractivity contribution in [3.8, 4) is 5.75 Å². The molecule has 0 aromatic heterocycles. The minimum atomic E-state index is -4.38. The van der Waals surface area contributed by atoms with Crippen molar-refractivity contribution in [2.24, 2.45) is 10.9 Å². The highest BCUT2D eigenvalue weighted by Crippen LogP contribution is 2.30. The number of hydrogen-bond donors (Lipinski definition) is 2. The van der Waals surface area contributed by atoms with Crippen molar-refractivity contribution in [3.05, 3.63) is 23.8 Å². The molecule has 0 saturated carbocycles. The molecule has 118 valence electrons. The number of hydrogen-bond acceptors (Lipinski definition) is 4. The summed E-state index contributed by atoms with van der Waals surface area (Å²) >= 11 is 0. The molecule has 5 nitrogen and oxygen atoms in total. The second-order valence-electron chi connectivity index (χ2n) is 4.71. The maximum Gasteiger partial charge on any atom is 0.405 e. The standard InChI is InChI=1S/C13H18F3N3O2/c1-8(2)19(7-13(14,15)16)11-6-9(21-3)4-5-10(11)12(17)18-20/h4-6,8,20H,7H2,1-3H3,(H2,17,18). The van der Waals surface area contributed by atoms with Gasteiger partial charge in [-0.3, -0.25) is 0 Å². The quantitative estimate of drug-likeness (QED) is 0.379. The van der Waals surface area contributed by atoms with Crippen molar-refractivity contribution < 1.29 is 23.1 Å². The molecule has 0 unspecified atom stereocenters. The third kappa shape index (κ3) is 4.44. The van der Waals surface area contributed by atoms with E-state index in [0.29, 0.717) is 5.75 Å². The molecule has 0 radical (unpaired) electrons. The zero-order valence-electron chi connectivity index (χ0n) is 12.0. The Bertz CT molecular complexity index is 516. The molecule has 0 amide bonds. The first-order chi connectivity index (χ1) is 9.69. The van der Waals surface area contributed by atoms with Gasteiger partial charge in [-0.05, 0) is 26.0 Å². The lowest BCUT2D eigenvalue weighted by Crippen LogP contribution is -2.40. The number of halogens is 3. The largest absolute Gasteiger partial charge is 0.497 e. The normalized spacial score (nSPS) is 12.6. The lowest BCUT2D eigenvalue weighted by Gasteiger charge is -2.31. The van der Waals surface area contributed by atoms with Gasteiger partial charge in [-0.25, -0.2) is 0 Å². The molecule has 0 atom stereocenters. The highest BCUT2D eigenvalue weighted by molar-refractivity contribution is 6.02. The fourth-order valence-corrected chi connectivity index (χ4v) is 1.89. The maximum absolute atomic E-state index is 12.8. The molecule has 3 N–H and O–H groups in total. The van der Waals surface area contributed by atoms with Gasteiger partial charge in [0.05, 0.1) is 12.8 Å². The molecule has 0 aliphatic heterocycles. The number of alkyl halides is 3. The van der Waals surface area contributed by atoms with Crippen LogP contribution in [0.15, 0.2) is 23.4 Å². The SMILES string of the molecule is COc1ccc(/C(N)=N/O)c(N(CC(F)(F)F)C(C)C)c1. The average molecular weight is 305 g/mol. The molecule has 0 aliphatic carbocycles. The Morgan fingerprint density at radius 2 is 2.05 bits per heavy atom. The molecule has 8 heteroatoms. The first-order valence-electron chi connectivity index (χ1n) is 6.19. The summed E-state index contributed by atoms with van der Waals surface area (Å²) in [6, 6.07) is 3.97. The lowest BCUT2D eigenvalue weighted by molar-refractivity contribution is -0.120. The Morgan fingerprint density at radius 3 is 2.48 bits per heavy atom. The van der Waals surface area contributed by atoms with Crippen molar-refractivity contribution in [3.63, 3.8) is 0 Å². The highest BCUT2D eigenvalue weighted by atomic mass is 19.4. The van der Waals surface area contributed by atoms with E-state index in [1.54, 1.807) is 13.8 Å². The average Bonchev–Trinajstić information content (AvgIpc) is 2.42. The van der Waals surface area contributed by atoms with Crippen LogP contribution in [0.5, 0.6) is 5.75 Å². The first-order valence-corrected chi connectivity index (χ1v) is 6.19. The van der Waals surface area contributed by atoms with Gasteiger partial charge in [0.1, 0.15) is 12.3 Å². The van der Waals surface area contributed by atoms with Gasteiger partial charge >= 0.3 is 6.18 Å². The summed E-state index contributed by atoms with van der Waals surface area (Å²) in [5.41, 5.74) is 5.94. The molecule has 0 heterocycles. The molecular weight excluding hydrogens is 287 g/mol. The van der Waals surface area contributed by atoms with Gasteiger partial charge in [0, 0.05) is 17.7 Å². The van der Waals surface area contributed by atoms with Crippen LogP contribution in [0, 0.1) is 0 Å². The number of methoxy groups -OCH3 is 1. The number of amidine groups is 1. The third-order valence-corrected chi connectivity index (χ3v) is 2.87. The molecule has 0 bridgehead atoms. The monoisotopic (exact) mass is 305 g/mol. The van der Waals surface area contributed by atoms with Crippen molar-refractivity contribution in [1.29, 1.82) is 0 Å². The van der Waals surface area contributed by atoms with E-state index in [0.717, 1.165) is 4.90 Å². The van der Waals surface area contributed by atoms with Crippen LogP contribution in [0.25, 0.3) is 0 Å². The van der Waals surface area contributed by atoms with E-state index in [1.165, 1.54) is 25.3 Å². The van der Waals surface area contributed by atoms with Gasteiger partial charge in [-0.1, -0.05) is 5.16 Å².